The summed E-state index contributed by atoms with van der Waals surface area (Å²) in [6.45, 7) is 3.29. The van der Waals surface area contributed by atoms with Gasteiger partial charge in [0, 0.05) is 50.1 Å². The average molecular weight is 351 g/mol. The minimum absolute atomic E-state index is 0.00167. The number of hydrogen-bond acceptors (Lipinski definition) is 4. The first-order valence-electron chi connectivity index (χ1n) is 9.03. The minimum atomic E-state index is -0.00167. The molecule has 3 rings (SSSR count). The lowest BCUT2D eigenvalue weighted by atomic mass is 9.96. The first kappa shape index (κ1) is 18.2. The first-order valence-corrected chi connectivity index (χ1v) is 9.03. The third-order valence-electron chi connectivity index (χ3n) is 4.85. The number of carbonyl (C=O) groups excluding carboxylic acids is 1. The molecule has 1 atom stereocenters. The van der Waals surface area contributed by atoms with Gasteiger partial charge < -0.3 is 14.4 Å². The highest BCUT2D eigenvalue weighted by atomic mass is 16.2. The van der Waals surface area contributed by atoms with Crippen LogP contribution in [0.2, 0.25) is 0 Å². The maximum Gasteiger partial charge on any atom is 0.253 e. The van der Waals surface area contributed by atoms with Gasteiger partial charge >= 0.3 is 0 Å². The Kier molecular flexibility index (Phi) is 5.69. The Morgan fingerprint density at radius 3 is 3.04 bits per heavy atom. The molecule has 0 bridgehead atoms. The van der Waals surface area contributed by atoms with Gasteiger partial charge in [-0.1, -0.05) is 6.07 Å². The Morgan fingerprint density at radius 1 is 1.42 bits per heavy atom. The second-order valence-electron chi connectivity index (χ2n) is 7.07. The van der Waals surface area contributed by atoms with E-state index < -0.39 is 0 Å². The molecule has 26 heavy (non-hydrogen) atoms. The van der Waals surface area contributed by atoms with E-state index in [1.165, 1.54) is 0 Å². The predicted molar refractivity (Wildman–Crippen MR) is 99.8 cm³/mol. The summed E-state index contributed by atoms with van der Waals surface area (Å²) in [5.74, 6) is 1.32. The van der Waals surface area contributed by atoms with Crippen molar-refractivity contribution >= 4 is 5.91 Å². The van der Waals surface area contributed by atoms with Crippen LogP contribution in [-0.4, -0.2) is 59.0 Å². The number of aromatic nitrogens is 2. The molecule has 0 saturated carbocycles. The Bertz CT molecular complexity index is 805. The number of benzene rings is 1. The summed E-state index contributed by atoms with van der Waals surface area (Å²) in [7, 11) is 4.12. The van der Waals surface area contributed by atoms with Crippen LogP contribution in [0.1, 0.15) is 40.5 Å². The zero-order chi connectivity index (χ0) is 18.5. The fraction of sp³-hybridized carbons (Fsp3) is 0.450. The molecule has 1 fully saturated rings. The molecule has 1 aromatic carbocycles. The lowest BCUT2D eigenvalue weighted by molar-refractivity contribution is 0.0703. The number of rotatable bonds is 5. The van der Waals surface area contributed by atoms with Crippen LogP contribution in [0.3, 0.4) is 0 Å². The predicted octanol–water partition coefficient (Wildman–Crippen LogP) is 2.34. The van der Waals surface area contributed by atoms with Crippen LogP contribution in [0.5, 0.6) is 0 Å². The van der Waals surface area contributed by atoms with Crippen LogP contribution in [0, 0.1) is 11.3 Å². The van der Waals surface area contributed by atoms with Gasteiger partial charge in [0.15, 0.2) is 0 Å². The van der Waals surface area contributed by atoms with Gasteiger partial charge in [-0.15, -0.1) is 0 Å². The van der Waals surface area contributed by atoms with Gasteiger partial charge in [0.25, 0.3) is 5.91 Å². The van der Waals surface area contributed by atoms with Crippen LogP contribution in [0.15, 0.2) is 36.7 Å². The molecule has 1 aromatic heterocycles. The number of nitriles is 1. The highest BCUT2D eigenvalue weighted by Crippen LogP contribution is 2.27. The largest absolute Gasteiger partial charge is 0.338 e. The normalized spacial score (nSPS) is 17.3. The van der Waals surface area contributed by atoms with E-state index in [1.807, 2.05) is 17.3 Å². The third kappa shape index (κ3) is 4.12. The van der Waals surface area contributed by atoms with Crippen LogP contribution in [-0.2, 0) is 6.54 Å². The number of likely N-dealkylation sites (tertiary alicyclic amines) is 1. The van der Waals surface area contributed by atoms with Crippen LogP contribution in [0.4, 0.5) is 0 Å². The third-order valence-corrected chi connectivity index (χ3v) is 4.85. The second kappa shape index (κ2) is 8.15. The summed E-state index contributed by atoms with van der Waals surface area (Å²) in [5, 5.41) is 9.05. The molecule has 1 unspecified atom stereocenters. The van der Waals surface area contributed by atoms with E-state index in [-0.39, 0.29) is 11.8 Å². The molecular weight excluding hydrogens is 326 g/mol. The van der Waals surface area contributed by atoms with E-state index in [2.05, 4.69) is 34.6 Å². The second-order valence-corrected chi connectivity index (χ2v) is 7.07. The molecule has 1 amide bonds. The molecule has 0 radical (unpaired) electrons. The molecule has 136 valence electrons. The lowest BCUT2D eigenvalue weighted by Gasteiger charge is -2.33. The van der Waals surface area contributed by atoms with Gasteiger partial charge in [-0.05, 0) is 45.1 Å². The summed E-state index contributed by atoms with van der Waals surface area (Å²) in [4.78, 5) is 21.5. The summed E-state index contributed by atoms with van der Waals surface area (Å²) in [5.41, 5.74) is 1.10. The lowest BCUT2D eigenvalue weighted by Crippen LogP contribution is -2.40. The summed E-state index contributed by atoms with van der Waals surface area (Å²) in [6, 6.07) is 9.04. The van der Waals surface area contributed by atoms with Crippen molar-refractivity contribution in [3.8, 4) is 6.07 Å². The van der Waals surface area contributed by atoms with Crippen LogP contribution < -0.4 is 0 Å². The van der Waals surface area contributed by atoms with Crippen molar-refractivity contribution in [2.75, 3.05) is 33.7 Å². The highest BCUT2D eigenvalue weighted by Gasteiger charge is 2.28. The Balaban J connectivity index is 1.72. The van der Waals surface area contributed by atoms with Gasteiger partial charge in [-0.3, -0.25) is 4.79 Å². The van der Waals surface area contributed by atoms with Crippen LogP contribution in [0.25, 0.3) is 0 Å². The molecule has 6 nitrogen and oxygen atoms in total. The van der Waals surface area contributed by atoms with E-state index in [1.54, 1.807) is 24.3 Å². The zero-order valence-corrected chi connectivity index (χ0v) is 15.4. The molecule has 6 heteroatoms. The fourth-order valence-electron chi connectivity index (χ4n) is 3.45. The Labute approximate surface area is 154 Å². The standard InChI is InChI=1S/C20H25N5O/c1-23(2)11-12-24-10-8-22-19(24)18-7-4-9-25(15-18)20(26)17-6-3-5-16(13-17)14-21/h3,5-6,8,10,13,18H,4,7,9,11-12,15H2,1-2H3. The Hall–Kier alpha value is -2.65. The smallest absolute Gasteiger partial charge is 0.253 e. The number of amides is 1. The zero-order valence-electron chi connectivity index (χ0n) is 15.4. The van der Waals surface area contributed by atoms with E-state index in [0.717, 1.165) is 38.3 Å². The SMILES string of the molecule is CN(C)CCn1ccnc1C1CCCN(C(=O)c2cccc(C#N)c2)C1. The van der Waals surface area contributed by atoms with Gasteiger partial charge in [0.1, 0.15) is 5.82 Å². The summed E-state index contributed by atoms with van der Waals surface area (Å²) in [6.07, 6.45) is 5.88. The van der Waals surface area contributed by atoms with Crippen molar-refractivity contribution in [2.24, 2.45) is 0 Å². The van der Waals surface area contributed by atoms with Crippen molar-refractivity contribution in [3.63, 3.8) is 0 Å². The monoisotopic (exact) mass is 351 g/mol. The number of piperidine rings is 1. The van der Waals surface area contributed by atoms with Gasteiger partial charge in [0.05, 0.1) is 11.6 Å². The molecule has 0 aliphatic carbocycles. The molecular formula is C20H25N5O. The Morgan fingerprint density at radius 2 is 2.27 bits per heavy atom. The number of nitrogens with zero attached hydrogens (tertiary/aromatic N) is 5. The van der Waals surface area contributed by atoms with Crippen molar-refractivity contribution in [1.29, 1.82) is 5.26 Å². The van der Waals surface area contributed by atoms with Gasteiger partial charge in [-0.2, -0.15) is 5.26 Å². The fourth-order valence-corrected chi connectivity index (χ4v) is 3.45. The van der Waals surface area contributed by atoms with Crippen molar-refractivity contribution in [2.45, 2.75) is 25.3 Å². The summed E-state index contributed by atoms with van der Waals surface area (Å²) >= 11 is 0. The number of hydrogen-bond donors (Lipinski definition) is 0. The minimum Gasteiger partial charge on any atom is -0.338 e. The van der Waals surface area contributed by atoms with Crippen molar-refractivity contribution in [3.05, 3.63) is 53.6 Å². The summed E-state index contributed by atoms with van der Waals surface area (Å²) < 4.78 is 2.20. The van der Waals surface area contributed by atoms with Gasteiger partial charge in [-0.25, -0.2) is 4.98 Å². The highest BCUT2D eigenvalue weighted by molar-refractivity contribution is 5.94. The molecule has 1 aliphatic heterocycles. The molecule has 1 saturated heterocycles. The van der Waals surface area contributed by atoms with Crippen molar-refractivity contribution < 1.29 is 4.79 Å². The molecule has 2 aromatic rings. The average Bonchev–Trinajstić information content (AvgIpc) is 3.14. The number of imidazole rings is 1. The maximum atomic E-state index is 12.9. The van der Waals surface area contributed by atoms with E-state index >= 15 is 0 Å². The first-order chi connectivity index (χ1) is 12.6. The van der Waals surface area contributed by atoms with E-state index in [4.69, 9.17) is 5.26 Å². The quantitative estimate of drug-likeness (QED) is 0.829. The van der Waals surface area contributed by atoms with Crippen molar-refractivity contribution in [1.82, 2.24) is 19.4 Å². The van der Waals surface area contributed by atoms with Crippen LogP contribution >= 0.6 is 0 Å². The molecule has 2 heterocycles. The van der Waals surface area contributed by atoms with E-state index in [9.17, 15) is 4.79 Å². The van der Waals surface area contributed by atoms with E-state index in [0.29, 0.717) is 17.7 Å². The maximum absolute atomic E-state index is 12.9. The topological polar surface area (TPSA) is 65.2 Å². The molecule has 0 spiro atoms. The molecule has 1 aliphatic rings. The number of likely N-dealkylation sites (N-methyl/N-ethyl adjacent to an activating group) is 1. The van der Waals surface area contributed by atoms with Gasteiger partial charge in [0.2, 0.25) is 0 Å². The molecule has 0 N–H and O–H groups in total. The number of carbonyl (C=O) groups is 1.